The molecule has 0 saturated heterocycles. The summed E-state index contributed by atoms with van der Waals surface area (Å²) in [7, 11) is 4.03. The summed E-state index contributed by atoms with van der Waals surface area (Å²) >= 11 is 0. The number of aryl methyl sites for hydroxylation is 1. The normalized spacial score (nSPS) is 11.0. The minimum Gasteiger partial charge on any atom is -0.351 e. The van der Waals surface area contributed by atoms with Crippen LogP contribution in [0.15, 0.2) is 24.3 Å². The number of hydrogen-bond donors (Lipinski definition) is 1. The third-order valence-electron chi connectivity index (χ3n) is 3.00. The molecule has 0 aliphatic rings. The second kappa shape index (κ2) is 6.43. The van der Waals surface area contributed by atoms with E-state index in [1.165, 1.54) is 0 Å². The Hall–Kier alpha value is -2.01. The number of benzene rings is 1. The van der Waals surface area contributed by atoms with Gasteiger partial charge in [-0.05, 0) is 40.1 Å². The van der Waals surface area contributed by atoms with Crippen molar-refractivity contribution in [3.8, 4) is 0 Å². The Bertz CT molecular complexity index is 610. The van der Waals surface area contributed by atoms with Gasteiger partial charge in [0.05, 0.1) is 5.52 Å². The highest BCUT2D eigenvalue weighted by atomic mass is 16.1. The molecule has 106 valence electrons. The van der Waals surface area contributed by atoms with Crippen molar-refractivity contribution in [1.82, 2.24) is 20.2 Å². The Kier molecular flexibility index (Phi) is 4.63. The number of carbonyl (C=O) groups excluding carboxylic acids is 1. The molecule has 0 bridgehead atoms. The van der Waals surface area contributed by atoms with Crippen molar-refractivity contribution in [2.45, 2.75) is 13.3 Å². The molecule has 0 spiro atoms. The molecule has 1 aromatic carbocycles. The summed E-state index contributed by atoms with van der Waals surface area (Å²) in [4.78, 5) is 23.0. The van der Waals surface area contributed by atoms with Gasteiger partial charge in [0.25, 0.3) is 5.91 Å². The maximum Gasteiger partial charge on any atom is 0.270 e. The monoisotopic (exact) mass is 272 g/mol. The van der Waals surface area contributed by atoms with Gasteiger partial charge in [0, 0.05) is 11.9 Å². The topological polar surface area (TPSA) is 58.1 Å². The van der Waals surface area contributed by atoms with Crippen LogP contribution in [0.25, 0.3) is 10.9 Å². The quantitative estimate of drug-likeness (QED) is 0.840. The first kappa shape index (κ1) is 14.4. The van der Waals surface area contributed by atoms with Crippen LogP contribution in [0.1, 0.15) is 22.7 Å². The molecule has 0 radical (unpaired) electrons. The van der Waals surface area contributed by atoms with Crippen LogP contribution in [0.4, 0.5) is 0 Å². The molecule has 1 heterocycles. The predicted molar refractivity (Wildman–Crippen MR) is 79.8 cm³/mol. The smallest absolute Gasteiger partial charge is 0.270 e. The number of carbonyl (C=O) groups is 1. The Morgan fingerprint density at radius 3 is 2.75 bits per heavy atom. The number of para-hydroxylation sites is 1. The van der Waals surface area contributed by atoms with E-state index in [2.05, 4.69) is 20.2 Å². The van der Waals surface area contributed by atoms with Crippen LogP contribution >= 0.6 is 0 Å². The zero-order valence-corrected chi connectivity index (χ0v) is 12.2. The zero-order valence-electron chi connectivity index (χ0n) is 12.2. The highest BCUT2D eigenvalue weighted by Crippen LogP contribution is 2.15. The molecule has 1 aromatic heterocycles. The molecule has 0 atom stereocenters. The highest BCUT2D eigenvalue weighted by molar-refractivity contribution is 6.04. The number of rotatable bonds is 5. The summed E-state index contributed by atoms with van der Waals surface area (Å²) in [6, 6.07) is 7.58. The van der Waals surface area contributed by atoms with Crippen molar-refractivity contribution in [2.75, 3.05) is 27.2 Å². The highest BCUT2D eigenvalue weighted by Gasteiger charge is 2.12. The van der Waals surface area contributed by atoms with Crippen LogP contribution in [0.5, 0.6) is 0 Å². The van der Waals surface area contributed by atoms with Crippen LogP contribution < -0.4 is 5.32 Å². The van der Waals surface area contributed by atoms with Crippen molar-refractivity contribution in [1.29, 1.82) is 0 Å². The number of nitrogens with zero attached hydrogens (tertiary/aromatic N) is 3. The van der Waals surface area contributed by atoms with Gasteiger partial charge in [-0.1, -0.05) is 18.2 Å². The van der Waals surface area contributed by atoms with Gasteiger partial charge >= 0.3 is 0 Å². The number of nitrogens with one attached hydrogen (secondary N) is 1. The molecule has 0 aliphatic carbocycles. The molecule has 2 rings (SSSR count). The molecule has 5 heteroatoms. The Balaban J connectivity index is 2.13. The lowest BCUT2D eigenvalue weighted by Crippen LogP contribution is -2.28. The fraction of sp³-hybridized carbons (Fsp3) is 0.400. The summed E-state index contributed by atoms with van der Waals surface area (Å²) < 4.78 is 0. The van der Waals surface area contributed by atoms with E-state index in [1.807, 2.05) is 38.4 Å². The van der Waals surface area contributed by atoms with Crippen molar-refractivity contribution in [3.05, 3.63) is 35.8 Å². The van der Waals surface area contributed by atoms with Gasteiger partial charge in [0.1, 0.15) is 11.5 Å². The fourth-order valence-corrected chi connectivity index (χ4v) is 2.05. The Labute approximate surface area is 119 Å². The number of aromatic nitrogens is 2. The third kappa shape index (κ3) is 3.51. The second-order valence-corrected chi connectivity index (χ2v) is 5.05. The van der Waals surface area contributed by atoms with Gasteiger partial charge in [-0.25, -0.2) is 9.97 Å². The maximum atomic E-state index is 12.2. The minimum atomic E-state index is -0.134. The van der Waals surface area contributed by atoms with E-state index < -0.39 is 0 Å². The molecule has 5 nitrogen and oxygen atoms in total. The van der Waals surface area contributed by atoms with Crippen LogP contribution in [0.2, 0.25) is 0 Å². The second-order valence-electron chi connectivity index (χ2n) is 5.05. The van der Waals surface area contributed by atoms with E-state index in [4.69, 9.17) is 0 Å². The lowest BCUT2D eigenvalue weighted by atomic mass is 10.1. The van der Waals surface area contributed by atoms with Crippen molar-refractivity contribution in [2.24, 2.45) is 0 Å². The summed E-state index contributed by atoms with van der Waals surface area (Å²) in [6.07, 6.45) is 0.917. The lowest BCUT2D eigenvalue weighted by Gasteiger charge is -2.10. The summed E-state index contributed by atoms with van der Waals surface area (Å²) in [5.41, 5.74) is 1.26. The average molecular weight is 272 g/mol. The van der Waals surface area contributed by atoms with Gasteiger partial charge in [0.15, 0.2) is 0 Å². The van der Waals surface area contributed by atoms with Gasteiger partial charge in [0.2, 0.25) is 0 Å². The van der Waals surface area contributed by atoms with Crippen LogP contribution in [-0.2, 0) is 0 Å². The van der Waals surface area contributed by atoms with Gasteiger partial charge in [-0.2, -0.15) is 0 Å². The number of hydrogen-bond acceptors (Lipinski definition) is 4. The molecular weight excluding hydrogens is 252 g/mol. The lowest BCUT2D eigenvalue weighted by molar-refractivity contribution is 0.0949. The van der Waals surface area contributed by atoms with E-state index in [0.717, 1.165) is 23.9 Å². The summed E-state index contributed by atoms with van der Waals surface area (Å²) in [5.74, 6) is 0.479. The number of amides is 1. The van der Waals surface area contributed by atoms with Gasteiger partial charge in [-0.3, -0.25) is 4.79 Å². The summed E-state index contributed by atoms with van der Waals surface area (Å²) in [5, 5.41) is 3.71. The molecule has 0 fully saturated rings. The van der Waals surface area contributed by atoms with E-state index in [0.29, 0.717) is 18.1 Å². The zero-order chi connectivity index (χ0) is 14.5. The van der Waals surface area contributed by atoms with E-state index in [9.17, 15) is 4.79 Å². The predicted octanol–water partition coefficient (Wildman–Crippen LogP) is 1.62. The largest absolute Gasteiger partial charge is 0.351 e. The molecule has 0 unspecified atom stereocenters. The Morgan fingerprint density at radius 2 is 2.00 bits per heavy atom. The van der Waals surface area contributed by atoms with Crippen molar-refractivity contribution in [3.63, 3.8) is 0 Å². The average Bonchev–Trinajstić information content (AvgIpc) is 2.42. The van der Waals surface area contributed by atoms with Crippen molar-refractivity contribution < 1.29 is 4.79 Å². The third-order valence-corrected chi connectivity index (χ3v) is 3.00. The molecule has 1 amide bonds. The molecule has 0 saturated carbocycles. The molecule has 20 heavy (non-hydrogen) atoms. The van der Waals surface area contributed by atoms with E-state index in [1.54, 1.807) is 6.92 Å². The SMILES string of the molecule is Cc1nc(C(=O)NCCCN(C)C)c2ccccc2n1. The summed E-state index contributed by atoms with van der Waals surface area (Å²) in [6.45, 7) is 3.40. The molecular formula is C15H20N4O. The molecule has 1 N–H and O–H groups in total. The van der Waals surface area contributed by atoms with Crippen LogP contribution in [0.3, 0.4) is 0 Å². The maximum absolute atomic E-state index is 12.2. The van der Waals surface area contributed by atoms with E-state index in [-0.39, 0.29) is 5.91 Å². The van der Waals surface area contributed by atoms with Gasteiger partial charge < -0.3 is 10.2 Å². The molecule has 2 aromatic rings. The number of fused-ring (bicyclic) bond motifs is 1. The first-order chi connectivity index (χ1) is 9.58. The minimum absolute atomic E-state index is 0.134. The van der Waals surface area contributed by atoms with Crippen LogP contribution in [0, 0.1) is 6.92 Å². The first-order valence-corrected chi connectivity index (χ1v) is 6.74. The molecule has 0 aliphatic heterocycles. The van der Waals surface area contributed by atoms with E-state index >= 15 is 0 Å². The standard InChI is InChI=1S/C15H20N4O/c1-11-17-13-8-5-4-7-12(13)14(18-11)15(20)16-9-6-10-19(2)3/h4-5,7-8H,6,9-10H2,1-3H3,(H,16,20). The van der Waals surface area contributed by atoms with Gasteiger partial charge in [-0.15, -0.1) is 0 Å². The first-order valence-electron chi connectivity index (χ1n) is 6.74. The van der Waals surface area contributed by atoms with Crippen LogP contribution in [-0.4, -0.2) is 48.0 Å². The Morgan fingerprint density at radius 1 is 1.25 bits per heavy atom. The van der Waals surface area contributed by atoms with Crippen molar-refractivity contribution >= 4 is 16.8 Å². The fourth-order valence-electron chi connectivity index (χ4n) is 2.05.